The van der Waals surface area contributed by atoms with Gasteiger partial charge in [-0.15, -0.1) is 0 Å². The van der Waals surface area contributed by atoms with Gasteiger partial charge in [0.15, 0.2) is 4.80 Å². The second-order valence-corrected chi connectivity index (χ2v) is 13.9. The van der Waals surface area contributed by atoms with Crippen molar-refractivity contribution in [1.29, 1.82) is 0 Å². The van der Waals surface area contributed by atoms with E-state index in [2.05, 4.69) is 38.5 Å². The van der Waals surface area contributed by atoms with Crippen LogP contribution in [0.1, 0.15) is 52.5 Å². The number of aromatic nitrogens is 1. The summed E-state index contributed by atoms with van der Waals surface area (Å²) in [7, 11) is 0. The van der Waals surface area contributed by atoms with Gasteiger partial charge in [0.2, 0.25) is 0 Å². The van der Waals surface area contributed by atoms with Crippen LogP contribution in [0.25, 0.3) is 11.8 Å². The molecule has 0 aliphatic carbocycles. The van der Waals surface area contributed by atoms with Gasteiger partial charge in [0.25, 0.3) is 5.56 Å². The maximum absolute atomic E-state index is 14.4. The number of hydrogen-bond donors (Lipinski definition) is 0. The lowest BCUT2D eigenvalue weighted by molar-refractivity contribution is -0.138. The molecule has 0 spiro atoms. The standard InChI is InChI=1S/C38H30BrIN2O6S/c1-3-46-36(44)26-17-15-23(16-18-26)22-48-34-27(19-28(39)21-29(34)40)20-30-35(43)42-33(25-13-9-6-10-14-25)31(37(45)47-4-2)32(41-38(42)49-30)24-11-7-5-8-12-24/h5-21,33H,3-4,22H2,1-2H3/b30-20-/t33-/m1/s1. The number of thiazole rings is 1. The van der Waals surface area contributed by atoms with E-state index in [4.69, 9.17) is 19.2 Å². The minimum absolute atomic E-state index is 0.177. The average molecular weight is 850 g/mol. The van der Waals surface area contributed by atoms with E-state index < -0.39 is 12.0 Å². The molecule has 0 unspecified atom stereocenters. The van der Waals surface area contributed by atoms with Gasteiger partial charge < -0.3 is 14.2 Å². The normalized spacial score (nSPS) is 14.2. The Hall–Kier alpha value is -4.33. The molecule has 11 heteroatoms. The topological polar surface area (TPSA) is 96.2 Å². The van der Waals surface area contributed by atoms with Crippen molar-refractivity contribution in [3.63, 3.8) is 0 Å². The summed E-state index contributed by atoms with van der Waals surface area (Å²) in [5, 5.41) is 0. The van der Waals surface area contributed by atoms with Crippen LogP contribution in [-0.4, -0.2) is 29.7 Å². The molecule has 1 aliphatic heterocycles. The van der Waals surface area contributed by atoms with E-state index in [9.17, 15) is 14.4 Å². The lowest BCUT2D eigenvalue weighted by atomic mass is 9.93. The van der Waals surface area contributed by atoms with Gasteiger partial charge in [-0.25, -0.2) is 14.6 Å². The molecular formula is C38H30BrIN2O6S. The van der Waals surface area contributed by atoms with Gasteiger partial charge in [-0.2, -0.15) is 0 Å². The van der Waals surface area contributed by atoms with Crippen molar-refractivity contribution < 1.29 is 23.8 Å². The fourth-order valence-electron chi connectivity index (χ4n) is 5.48. The van der Waals surface area contributed by atoms with Crippen molar-refractivity contribution in [3.05, 3.63) is 158 Å². The van der Waals surface area contributed by atoms with Crippen LogP contribution >= 0.6 is 49.9 Å². The van der Waals surface area contributed by atoms with Crippen LogP contribution in [0.3, 0.4) is 0 Å². The number of rotatable bonds is 10. The van der Waals surface area contributed by atoms with Crippen molar-refractivity contribution in [2.45, 2.75) is 26.5 Å². The van der Waals surface area contributed by atoms with Crippen LogP contribution in [0.15, 0.2) is 117 Å². The highest BCUT2D eigenvalue weighted by Crippen LogP contribution is 2.35. The third-order valence-corrected chi connectivity index (χ3v) is 9.90. The minimum Gasteiger partial charge on any atom is -0.487 e. The SMILES string of the molecule is CCOC(=O)C1=C(c2ccccc2)N=c2s/c(=C\c3cc(Br)cc(I)c3OCc3ccc(C(=O)OCC)cc3)c(=O)n2[C@@H]1c1ccccc1. The van der Waals surface area contributed by atoms with Crippen molar-refractivity contribution in [2.24, 2.45) is 4.99 Å². The first-order valence-corrected chi connectivity index (χ1v) is 18.2. The summed E-state index contributed by atoms with van der Waals surface area (Å²) in [6.45, 7) is 4.24. The van der Waals surface area contributed by atoms with E-state index in [0.29, 0.717) is 44.1 Å². The molecule has 248 valence electrons. The quantitative estimate of drug-likeness (QED) is 0.110. The van der Waals surface area contributed by atoms with Crippen LogP contribution in [0.4, 0.5) is 0 Å². The molecule has 0 fully saturated rings. The summed E-state index contributed by atoms with van der Waals surface area (Å²) in [5.41, 5.74) is 4.01. The predicted octanol–water partition coefficient (Wildman–Crippen LogP) is 7.06. The van der Waals surface area contributed by atoms with Crippen molar-refractivity contribution in [2.75, 3.05) is 13.2 Å². The Morgan fingerprint density at radius 3 is 2.24 bits per heavy atom. The van der Waals surface area contributed by atoms with Gasteiger partial charge in [-0.3, -0.25) is 9.36 Å². The Kier molecular flexibility index (Phi) is 10.9. The molecule has 6 rings (SSSR count). The molecule has 1 atom stereocenters. The first-order chi connectivity index (χ1) is 23.8. The molecule has 2 heterocycles. The number of carbonyl (C=O) groups is 2. The Morgan fingerprint density at radius 2 is 1.57 bits per heavy atom. The van der Waals surface area contributed by atoms with Crippen LogP contribution < -0.4 is 19.6 Å². The fraction of sp³-hybridized carbons (Fsp3) is 0.158. The summed E-state index contributed by atoms with van der Waals surface area (Å²) in [5.74, 6) is -0.303. The molecule has 1 aliphatic rings. The van der Waals surface area contributed by atoms with Gasteiger partial charge in [-0.1, -0.05) is 100 Å². The van der Waals surface area contributed by atoms with Crippen LogP contribution in [0.5, 0.6) is 5.75 Å². The summed E-state index contributed by atoms with van der Waals surface area (Å²) in [6.07, 6.45) is 1.80. The van der Waals surface area contributed by atoms with E-state index in [1.165, 1.54) is 11.3 Å². The number of halogens is 2. The molecule has 5 aromatic rings. The van der Waals surface area contributed by atoms with E-state index in [0.717, 1.165) is 24.7 Å². The summed E-state index contributed by atoms with van der Waals surface area (Å²) in [6, 6.07) is 29.1. The number of esters is 2. The fourth-order valence-corrected chi connectivity index (χ4v) is 8.18. The molecule has 0 radical (unpaired) electrons. The summed E-state index contributed by atoms with van der Waals surface area (Å²) in [4.78, 5) is 45.5. The smallest absolute Gasteiger partial charge is 0.338 e. The van der Waals surface area contributed by atoms with Gasteiger partial charge in [0.05, 0.1) is 44.2 Å². The second kappa shape index (κ2) is 15.5. The van der Waals surface area contributed by atoms with Gasteiger partial charge in [0.1, 0.15) is 12.4 Å². The average Bonchev–Trinajstić information content (AvgIpc) is 3.42. The molecular weight excluding hydrogens is 819 g/mol. The summed E-state index contributed by atoms with van der Waals surface area (Å²) >= 11 is 7.06. The molecule has 0 saturated carbocycles. The minimum atomic E-state index is -0.759. The molecule has 1 aromatic heterocycles. The first-order valence-electron chi connectivity index (χ1n) is 15.5. The van der Waals surface area contributed by atoms with Gasteiger partial charge in [-0.05, 0) is 77.9 Å². The van der Waals surface area contributed by atoms with Crippen LogP contribution in [-0.2, 0) is 20.9 Å². The zero-order valence-electron chi connectivity index (χ0n) is 26.5. The Bertz CT molecular complexity index is 2230. The Balaban J connectivity index is 1.47. The van der Waals surface area contributed by atoms with E-state index in [1.54, 1.807) is 36.6 Å². The predicted molar refractivity (Wildman–Crippen MR) is 201 cm³/mol. The third kappa shape index (κ3) is 7.48. The number of ether oxygens (including phenoxy) is 3. The number of benzene rings is 4. The van der Waals surface area contributed by atoms with Gasteiger partial charge >= 0.3 is 11.9 Å². The number of fused-ring (bicyclic) bond motifs is 1. The Labute approximate surface area is 308 Å². The molecule has 49 heavy (non-hydrogen) atoms. The monoisotopic (exact) mass is 848 g/mol. The van der Waals surface area contributed by atoms with E-state index in [1.807, 2.05) is 84.9 Å². The van der Waals surface area contributed by atoms with E-state index >= 15 is 0 Å². The first kappa shape index (κ1) is 34.5. The van der Waals surface area contributed by atoms with Crippen molar-refractivity contribution in [3.8, 4) is 5.75 Å². The molecule has 8 nitrogen and oxygen atoms in total. The summed E-state index contributed by atoms with van der Waals surface area (Å²) < 4.78 is 20.6. The molecule has 0 saturated heterocycles. The lowest BCUT2D eigenvalue weighted by Gasteiger charge is -2.25. The third-order valence-electron chi connectivity index (χ3n) is 7.66. The molecule has 4 aromatic carbocycles. The van der Waals surface area contributed by atoms with E-state index in [-0.39, 0.29) is 24.7 Å². The highest BCUT2D eigenvalue weighted by atomic mass is 127. The van der Waals surface area contributed by atoms with Gasteiger partial charge in [0, 0.05) is 15.6 Å². The number of carbonyl (C=O) groups excluding carboxylic acids is 2. The number of hydrogen-bond acceptors (Lipinski definition) is 8. The highest BCUT2D eigenvalue weighted by molar-refractivity contribution is 14.1. The lowest BCUT2D eigenvalue weighted by Crippen LogP contribution is -2.40. The van der Waals surface area contributed by atoms with Crippen molar-refractivity contribution in [1.82, 2.24) is 4.57 Å². The highest BCUT2D eigenvalue weighted by Gasteiger charge is 2.35. The molecule has 0 bridgehead atoms. The largest absolute Gasteiger partial charge is 0.487 e. The maximum atomic E-state index is 14.4. The second-order valence-electron chi connectivity index (χ2n) is 10.9. The Morgan fingerprint density at radius 1 is 0.918 bits per heavy atom. The maximum Gasteiger partial charge on any atom is 0.338 e. The zero-order valence-corrected chi connectivity index (χ0v) is 31.1. The molecule has 0 amide bonds. The zero-order chi connectivity index (χ0) is 34.5. The van der Waals surface area contributed by atoms with Crippen LogP contribution in [0.2, 0.25) is 0 Å². The van der Waals surface area contributed by atoms with Crippen molar-refractivity contribution >= 4 is 73.6 Å². The molecule has 0 N–H and O–H groups in total. The van der Waals surface area contributed by atoms with Crippen LogP contribution in [0, 0.1) is 3.57 Å². The number of nitrogens with zero attached hydrogens (tertiary/aromatic N) is 2.